The number of anilines is 1. The Labute approximate surface area is 206 Å². The number of aryl methyl sites for hydroxylation is 1. The standard InChI is InChI=1S/C26H30N4O3S/c1-17(2)28-23(31)19-8-11-22(12-9-19)33-14-6-13-29-25(34)30(24(32)26(29,4)5)21-10-7-20(16-27)18(3)15-21/h7-12,15,17H,6,13-14H2,1-5H3,(H,28,31). The third-order valence-corrected chi connectivity index (χ3v) is 6.15. The number of ether oxygens (including phenoxy) is 1. The third-order valence-electron chi connectivity index (χ3n) is 5.74. The number of carbonyl (C=O) groups is 2. The fourth-order valence-corrected chi connectivity index (χ4v) is 4.32. The molecule has 0 aliphatic carbocycles. The molecule has 1 heterocycles. The van der Waals surface area contributed by atoms with Crippen molar-refractivity contribution >= 4 is 34.8 Å². The second-order valence-corrected chi connectivity index (χ2v) is 9.46. The summed E-state index contributed by atoms with van der Waals surface area (Å²) in [5.41, 5.74) is 1.84. The lowest BCUT2D eigenvalue weighted by Crippen LogP contribution is -2.44. The van der Waals surface area contributed by atoms with Crippen LogP contribution in [0.1, 0.15) is 55.6 Å². The molecule has 7 nitrogen and oxygen atoms in total. The van der Waals surface area contributed by atoms with Crippen LogP contribution in [0.2, 0.25) is 0 Å². The maximum absolute atomic E-state index is 13.2. The lowest BCUT2D eigenvalue weighted by molar-refractivity contribution is -0.123. The Balaban J connectivity index is 1.60. The molecule has 2 aromatic carbocycles. The van der Waals surface area contributed by atoms with Gasteiger partial charge in [0.2, 0.25) is 0 Å². The number of benzene rings is 2. The van der Waals surface area contributed by atoms with Crippen molar-refractivity contribution in [2.45, 2.75) is 52.6 Å². The van der Waals surface area contributed by atoms with Crippen LogP contribution in [0.3, 0.4) is 0 Å². The van der Waals surface area contributed by atoms with E-state index in [0.717, 1.165) is 5.56 Å². The molecule has 0 bridgehead atoms. The summed E-state index contributed by atoms with van der Waals surface area (Å²) in [7, 11) is 0. The molecule has 0 atom stereocenters. The third kappa shape index (κ3) is 5.20. The van der Waals surface area contributed by atoms with Gasteiger partial charge in [-0.15, -0.1) is 0 Å². The molecule has 2 amide bonds. The molecular formula is C26H30N4O3S. The van der Waals surface area contributed by atoms with Gasteiger partial charge in [-0.3, -0.25) is 14.5 Å². The first-order valence-corrected chi connectivity index (χ1v) is 11.7. The van der Waals surface area contributed by atoms with Gasteiger partial charge in [0.25, 0.3) is 11.8 Å². The first-order valence-electron chi connectivity index (χ1n) is 11.3. The average molecular weight is 479 g/mol. The highest BCUT2D eigenvalue weighted by molar-refractivity contribution is 7.80. The number of nitriles is 1. The van der Waals surface area contributed by atoms with Gasteiger partial charge in [0.05, 0.1) is 23.9 Å². The summed E-state index contributed by atoms with van der Waals surface area (Å²) in [6, 6.07) is 14.5. The number of nitrogens with one attached hydrogen (secondary N) is 1. The smallest absolute Gasteiger partial charge is 0.258 e. The maximum atomic E-state index is 13.2. The molecule has 0 radical (unpaired) electrons. The summed E-state index contributed by atoms with van der Waals surface area (Å²) in [4.78, 5) is 28.7. The van der Waals surface area contributed by atoms with E-state index in [4.69, 9.17) is 17.0 Å². The van der Waals surface area contributed by atoms with Crippen LogP contribution in [0.4, 0.5) is 5.69 Å². The summed E-state index contributed by atoms with van der Waals surface area (Å²) in [5.74, 6) is 0.464. The van der Waals surface area contributed by atoms with Crippen molar-refractivity contribution in [2.75, 3.05) is 18.1 Å². The zero-order chi connectivity index (χ0) is 25.0. The Kier molecular flexibility index (Phi) is 7.57. The van der Waals surface area contributed by atoms with Crippen molar-refractivity contribution in [3.8, 4) is 11.8 Å². The number of nitrogens with zero attached hydrogens (tertiary/aromatic N) is 3. The molecule has 8 heteroatoms. The van der Waals surface area contributed by atoms with Crippen LogP contribution in [0.25, 0.3) is 0 Å². The van der Waals surface area contributed by atoms with Crippen molar-refractivity contribution < 1.29 is 14.3 Å². The van der Waals surface area contributed by atoms with Gasteiger partial charge in [-0.1, -0.05) is 0 Å². The minimum Gasteiger partial charge on any atom is -0.494 e. The lowest BCUT2D eigenvalue weighted by atomic mass is 10.0. The van der Waals surface area contributed by atoms with Crippen molar-refractivity contribution in [3.05, 3.63) is 59.2 Å². The van der Waals surface area contributed by atoms with Gasteiger partial charge in [0, 0.05) is 18.2 Å². The van der Waals surface area contributed by atoms with E-state index in [0.29, 0.717) is 47.2 Å². The molecule has 1 aliphatic rings. The summed E-state index contributed by atoms with van der Waals surface area (Å²) >= 11 is 5.67. The van der Waals surface area contributed by atoms with E-state index in [1.807, 2.05) is 45.6 Å². The van der Waals surface area contributed by atoms with E-state index in [1.54, 1.807) is 41.3 Å². The second-order valence-electron chi connectivity index (χ2n) is 9.10. The summed E-state index contributed by atoms with van der Waals surface area (Å²) in [5, 5.41) is 12.5. The van der Waals surface area contributed by atoms with Crippen LogP contribution in [0.15, 0.2) is 42.5 Å². The first kappa shape index (κ1) is 25.2. The topological polar surface area (TPSA) is 85.7 Å². The van der Waals surface area contributed by atoms with E-state index < -0.39 is 5.54 Å². The second kappa shape index (κ2) is 10.2. The van der Waals surface area contributed by atoms with Crippen LogP contribution >= 0.6 is 12.2 Å². The summed E-state index contributed by atoms with van der Waals surface area (Å²) < 4.78 is 5.83. The maximum Gasteiger partial charge on any atom is 0.258 e. The van der Waals surface area contributed by atoms with Crippen molar-refractivity contribution in [1.29, 1.82) is 5.26 Å². The van der Waals surface area contributed by atoms with Crippen molar-refractivity contribution in [3.63, 3.8) is 0 Å². The van der Waals surface area contributed by atoms with Gasteiger partial charge in [-0.2, -0.15) is 5.26 Å². The van der Waals surface area contributed by atoms with Crippen molar-refractivity contribution in [1.82, 2.24) is 10.2 Å². The van der Waals surface area contributed by atoms with Gasteiger partial charge in [-0.05, 0) is 101 Å². The van der Waals surface area contributed by atoms with E-state index >= 15 is 0 Å². The number of rotatable bonds is 8. The van der Waals surface area contributed by atoms with E-state index in [1.165, 1.54) is 0 Å². The Morgan fingerprint density at radius 1 is 1.21 bits per heavy atom. The van der Waals surface area contributed by atoms with Gasteiger partial charge in [0.15, 0.2) is 5.11 Å². The summed E-state index contributed by atoms with van der Waals surface area (Å²) in [6.45, 7) is 10.4. The molecule has 1 fully saturated rings. The fraction of sp³-hybridized carbons (Fsp3) is 0.385. The average Bonchev–Trinajstić information content (AvgIpc) is 2.95. The van der Waals surface area contributed by atoms with Crippen molar-refractivity contribution in [2.24, 2.45) is 0 Å². The molecule has 0 aromatic heterocycles. The quantitative estimate of drug-likeness (QED) is 0.452. The van der Waals surface area contributed by atoms with Crippen LogP contribution in [-0.2, 0) is 4.79 Å². The molecule has 1 aliphatic heterocycles. The minimum absolute atomic E-state index is 0.0769. The molecule has 0 unspecified atom stereocenters. The SMILES string of the molecule is Cc1cc(N2C(=O)C(C)(C)N(CCCOc3ccc(C(=O)NC(C)C)cc3)C2=S)ccc1C#N. The van der Waals surface area contributed by atoms with E-state index in [9.17, 15) is 14.9 Å². The predicted molar refractivity (Wildman–Crippen MR) is 136 cm³/mol. The molecule has 1 saturated heterocycles. The monoisotopic (exact) mass is 478 g/mol. The van der Waals surface area contributed by atoms with Gasteiger partial charge in [0.1, 0.15) is 11.3 Å². The van der Waals surface area contributed by atoms with Crippen LogP contribution in [0, 0.1) is 18.3 Å². The zero-order valence-corrected chi connectivity index (χ0v) is 21.0. The lowest BCUT2D eigenvalue weighted by Gasteiger charge is -2.29. The molecule has 3 rings (SSSR count). The number of thiocarbonyl (C=S) groups is 1. The minimum atomic E-state index is -0.787. The predicted octanol–water partition coefficient (Wildman–Crippen LogP) is 4.19. The van der Waals surface area contributed by atoms with Crippen LogP contribution in [-0.4, -0.2) is 46.6 Å². The number of hydrogen-bond donors (Lipinski definition) is 1. The first-order chi connectivity index (χ1) is 16.1. The van der Waals surface area contributed by atoms with E-state index in [-0.39, 0.29) is 17.9 Å². The molecule has 34 heavy (non-hydrogen) atoms. The normalized spacial score (nSPS) is 15.0. The molecular weight excluding hydrogens is 448 g/mol. The Morgan fingerprint density at radius 2 is 1.88 bits per heavy atom. The fourth-order valence-electron chi connectivity index (χ4n) is 3.81. The zero-order valence-electron chi connectivity index (χ0n) is 20.2. The highest BCUT2D eigenvalue weighted by atomic mass is 32.1. The van der Waals surface area contributed by atoms with Gasteiger partial charge in [-0.25, -0.2) is 0 Å². The molecule has 2 aromatic rings. The highest BCUT2D eigenvalue weighted by Crippen LogP contribution is 2.33. The Hall–Kier alpha value is -3.44. The largest absolute Gasteiger partial charge is 0.494 e. The Morgan fingerprint density at radius 3 is 2.47 bits per heavy atom. The molecule has 0 spiro atoms. The van der Waals surface area contributed by atoms with Gasteiger partial charge < -0.3 is 15.0 Å². The number of carbonyl (C=O) groups excluding carboxylic acids is 2. The van der Waals surface area contributed by atoms with Crippen LogP contribution < -0.4 is 15.0 Å². The summed E-state index contributed by atoms with van der Waals surface area (Å²) in [6.07, 6.45) is 0.659. The molecule has 1 N–H and O–H groups in total. The molecule has 0 saturated carbocycles. The van der Waals surface area contributed by atoms with Crippen LogP contribution in [0.5, 0.6) is 5.75 Å². The number of hydrogen-bond acceptors (Lipinski definition) is 5. The number of amides is 2. The van der Waals surface area contributed by atoms with E-state index in [2.05, 4.69) is 11.4 Å². The van der Waals surface area contributed by atoms with Gasteiger partial charge >= 0.3 is 0 Å². The molecule has 178 valence electrons. The Bertz CT molecular complexity index is 1140. The highest BCUT2D eigenvalue weighted by Gasteiger charge is 2.49.